The van der Waals surface area contributed by atoms with E-state index in [2.05, 4.69) is 0 Å². The fourth-order valence-corrected chi connectivity index (χ4v) is 0.957. The van der Waals surface area contributed by atoms with Crippen LogP contribution < -0.4 is 5.73 Å². The van der Waals surface area contributed by atoms with Gasteiger partial charge in [-0.2, -0.15) is 4.39 Å². The van der Waals surface area contributed by atoms with Gasteiger partial charge in [-0.15, -0.1) is 0 Å². The van der Waals surface area contributed by atoms with Crippen molar-refractivity contribution in [2.75, 3.05) is 5.73 Å². The van der Waals surface area contributed by atoms with Gasteiger partial charge in [0.1, 0.15) is 0 Å². The fraction of sp³-hybridized carbons (Fsp3) is 0.143. The SMILES string of the molecule is Cc1c(F)c(F)c(N)c([N+](=O)[O-])c1F. The van der Waals surface area contributed by atoms with Crippen LogP contribution >= 0.6 is 0 Å². The molecular formula is C7H5F3N2O2. The average molecular weight is 206 g/mol. The topological polar surface area (TPSA) is 69.2 Å². The van der Waals surface area contributed by atoms with Crippen LogP contribution in [0.5, 0.6) is 0 Å². The third-order valence-electron chi connectivity index (χ3n) is 1.73. The number of hydrogen-bond donors (Lipinski definition) is 1. The Morgan fingerprint density at radius 2 is 1.71 bits per heavy atom. The summed E-state index contributed by atoms with van der Waals surface area (Å²) in [5, 5.41) is 10.3. The molecule has 0 unspecified atom stereocenters. The first-order chi connectivity index (χ1) is 6.37. The van der Waals surface area contributed by atoms with Crippen LogP contribution in [-0.2, 0) is 0 Å². The van der Waals surface area contributed by atoms with Gasteiger partial charge in [-0.25, -0.2) is 8.78 Å². The predicted octanol–water partition coefficient (Wildman–Crippen LogP) is 1.90. The van der Waals surface area contributed by atoms with Crippen molar-refractivity contribution in [1.82, 2.24) is 0 Å². The van der Waals surface area contributed by atoms with Gasteiger partial charge in [0.05, 0.1) is 4.92 Å². The Hall–Kier alpha value is -1.79. The lowest BCUT2D eigenvalue weighted by atomic mass is 10.1. The zero-order chi connectivity index (χ0) is 11.0. The molecule has 0 aliphatic rings. The Kier molecular flexibility index (Phi) is 2.33. The van der Waals surface area contributed by atoms with Crippen LogP contribution in [-0.4, -0.2) is 4.92 Å². The normalized spacial score (nSPS) is 10.3. The van der Waals surface area contributed by atoms with E-state index < -0.39 is 39.3 Å². The highest BCUT2D eigenvalue weighted by atomic mass is 19.2. The van der Waals surface area contributed by atoms with E-state index in [9.17, 15) is 23.3 Å². The van der Waals surface area contributed by atoms with E-state index in [0.717, 1.165) is 6.92 Å². The number of nitro benzene ring substituents is 1. The van der Waals surface area contributed by atoms with Crippen LogP contribution in [0.4, 0.5) is 24.5 Å². The highest BCUT2D eigenvalue weighted by molar-refractivity contribution is 5.61. The van der Waals surface area contributed by atoms with Crippen LogP contribution in [0.15, 0.2) is 0 Å². The van der Waals surface area contributed by atoms with Crippen molar-refractivity contribution >= 4 is 11.4 Å². The van der Waals surface area contributed by atoms with E-state index >= 15 is 0 Å². The number of nitrogens with two attached hydrogens (primary N) is 1. The van der Waals surface area contributed by atoms with E-state index in [-0.39, 0.29) is 0 Å². The number of benzene rings is 1. The summed E-state index contributed by atoms with van der Waals surface area (Å²) in [5.74, 6) is -4.56. The first kappa shape index (κ1) is 10.3. The second kappa shape index (κ2) is 3.17. The number of hydrogen-bond acceptors (Lipinski definition) is 3. The summed E-state index contributed by atoms with van der Waals surface area (Å²) in [6, 6.07) is 0. The molecule has 0 heterocycles. The number of halogens is 3. The molecule has 7 heteroatoms. The van der Waals surface area contributed by atoms with Gasteiger partial charge < -0.3 is 5.73 Å². The quantitative estimate of drug-likeness (QED) is 0.330. The molecule has 1 aromatic carbocycles. The zero-order valence-corrected chi connectivity index (χ0v) is 6.97. The Morgan fingerprint density at radius 3 is 2.14 bits per heavy atom. The number of nitro groups is 1. The van der Waals surface area contributed by atoms with Crippen molar-refractivity contribution in [3.05, 3.63) is 33.1 Å². The van der Waals surface area contributed by atoms with Crippen molar-refractivity contribution in [3.8, 4) is 0 Å². The van der Waals surface area contributed by atoms with Crippen molar-refractivity contribution in [1.29, 1.82) is 0 Å². The first-order valence-corrected chi connectivity index (χ1v) is 3.44. The minimum Gasteiger partial charge on any atom is -0.391 e. The molecule has 1 rings (SSSR count). The van der Waals surface area contributed by atoms with Crippen molar-refractivity contribution in [2.24, 2.45) is 0 Å². The molecule has 0 bridgehead atoms. The Balaban J connectivity index is 3.68. The molecule has 0 amide bonds. The minimum absolute atomic E-state index is 0.761. The van der Waals surface area contributed by atoms with Crippen molar-refractivity contribution in [3.63, 3.8) is 0 Å². The highest BCUT2D eigenvalue weighted by Gasteiger charge is 2.28. The van der Waals surface area contributed by atoms with Gasteiger partial charge in [-0.05, 0) is 6.92 Å². The molecule has 76 valence electrons. The standard InChI is InChI=1S/C7H5F3N2O2/c1-2-3(8)5(10)6(11)7(4(2)9)12(13)14/h11H2,1H3. The van der Waals surface area contributed by atoms with E-state index in [1.54, 1.807) is 0 Å². The number of anilines is 1. The largest absolute Gasteiger partial charge is 0.391 e. The molecule has 0 spiro atoms. The number of nitrogens with zero attached hydrogens (tertiary/aromatic N) is 1. The average Bonchev–Trinajstić information content (AvgIpc) is 2.11. The first-order valence-electron chi connectivity index (χ1n) is 3.44. The smallest absolute Gasteiger partial charge is 0.330 e. The van der Waals surface area contributed by atoms with Gasteiger partial charge in [0.25, 0.3) is 0 Å². The van der Waals surface area contributed by atoms with Crippen LogP contribution in [0.3, 0.4) is 0 Å². The molecule has 0 fully saturated rings. The summed E-state index contributed by atoms with van der Waals surface area (Å²) in [6.45, 7) is 0.889. The molecule has 0 aromatic heterocycles. The van der Waals surface area contributed by atoms with E-state index in [0.29, 0.717) is 0 Å². The third kappa shape index (κ3) is 1.26. The van der Waals surface area contributed by atoms with Crippen LogP contribution in [0, 0.1) is 34.5 Å². The van der Waals surface area contributed by atoms with E-state index in [1.807, 2.05) is 0 Å². The Labute approximate surface area is 76.3 Å². The summed E-state index contributed by atoms with van der Waals surface area (Å²) in [5.41, 5.74) is 1.73. The van der Waals surface area contributed by atoms with Crippen LogP contribution in [0.2, 0.25) is 0 Å². The van der Waals surface area contributed by atoms with Gasteiger partial charge in [0.2, 0.25) is 5.82 Å². The summed E-state index contributed by atoms with van der Waals surface area (Å²) in [4.78, 5) is 9.06. The molecule has 0 saturated heterocycles. The van der Waals surface area contributed by atoms with Gasteiger partial charge in [0, 0.05) is 5.56 Å². The summed E-state index contributed by atoms with van der Waals surface area (Å²) in [7, 11) is 0. The molecule has 0 radical (unpaired) electrons. The number of nitrogen functional groups attached to an aromatic ring is 1. The van der Waals surface area contributed by atoms with Gasteiger partial charge in [-0.1, -0.05) is 0 Å². The van der Waals surface area contributed by atoms with Gasteiger partial charge in [-0.3, -0.25) is 10.1 Å². The summed E-state index contributed by atoms with van der Waals surface area (Å²) in [6.07, 6.45) is 0. The van der Waals surface area contributed by atoms with Gasteiger partial charge in [0.15, 0.2) is 17.3 Å². The maximum absolute atomic E-state index is 13.0. The summed E-state index contributed by atoms with van der Waals surface area (Å²) >= 11 is 0. The molecule has 0 aliphatic carbocycles. The molecule has 0 atom stereocenters. The highest BCUT2D eigenvalue weighted by Crippen LogP contribution is 2.32. The molecule has 2 N–H and O–H groups in total. The van der Waals surface area contributed by atoms with E-state index in [4.69, 9.17) is 5.73 Å². The maximum atomic E-state index is 13.0. The Bertz CT molecular complexity index is 391. The maximum Gasteiger partial charge on any atom is 0.330 e. The molecular weight excluding hydrogens is 201 g/mol. The van der Waals surface area contributed by atoms with Gasteiger partial charge >= 0.3 is 5.69 Å². The lowest BCUT2D eigenvalue weighted by Crippen LogP contribution is -2.06. The lowest BCUT2D eigenvalue weighted by Gasteiger charge is -2.04. The molecule has 4 nitrogen and oxygen atoms in total. The third-order valence-corrected chi connectivity index (χ3v) is 1.73. The zero-order valence-electron chi connectivity index (χ0n) is 6.97. The monoisotopic (exact) mass is 206 g/mol. The summed E-state index contributed by atoms with van der Waals surface area (Å²) < 4.78 is 38.6. The molecule has 0 aliphatic heterocycles. The molecule has 0 saturated carbocycles. The lowest BCUT2D eigenvalue weighted by molar-refractivity contribution is -0.386. The number of rotatable bonds is 1. The van der Waals surface area contributed by atoms with Crippen LogP contribution in [0.25, 0.3) is 0 Å². The Morgan fingerprint density at radius 1 is 1.21 bits per heavy atom. The minimum atomic E-state index is -1.60. The molecule has 1 aromatic rings. The van der Waals surface area contributed by atoms with Crippen LogP contribution in [0.1, 0.15) is 5.56 Å². The predicted molar refractivity (Wildman–Crippen MR) is 42.1 cm³/mol. The van der Waals surface area contributed by atoms with Crippen molar-refractivity contribution in [2.45, 2.75) is 6.92 Å². The van der Waals surface area contributed by atoms with Crippen molar-refractivity contribution < 1.29 is 18.1 Å². The second-order valence-corrected chi connectivity index (χ2v) is 2.59. The molecule has 14 heavy (non-hydrogen) atoms. The fourth-order valence-electron chi connectivity index (χ4n) is 0.957. The van der Waals surface area contributed by atoms with E-state index in [1.165, 1.54) is 0 Å². The second-order valence-electron chi connectivity index (χ2n) is 2.59.